The van der Waals surface area contributed by atoms with Crippen LogP contribution in [0.15, 0.2) is 23.7 Å². The van der Waals surface area contributed by atoms with Gasteiger partial charge >= 0.3 is 0 Å². The highest BCUT2D eigenvalue weighted by molar-refractivity contribution is 5.08. The lowest BCUT2D eigenvalue weighted by molar-refractivity contribution is 0.180. The molecule has 0 aromatic heterocycles. The van der Waals surface area contributed by atoms with Crippen LogP contribution in [0.5, 0.6) is 0 Å². The highest BCUT2D eigenvalue weighted by Crippen LogP contribution is 2.37. The topological polar surface area (TPSA) is 72.3 Å². The highest BCUT2D eigenvalue weighted by Gasteiger charge is 2.25. The number of hydrogen-bond acceptors (Lipinski definition) is 3. The Bertz CT molecular complexity index is 257. The zero-order chi connectivity index (χ0) is 14.2. The second-order valence-corrected chi connectivity index (χ2v) is 6.20. The van der Waals surface area contributed by atoms with Gasteiger partial charge in [-0.25, -0.2) is 0 Å². The number of aliphatic hydroxyl groups excluding tert-OH is 1. The van der Waals surface area contributed by atoms with Gasteiger partial charge in [-0.3, -0.25) is 0 Å². The van der Waals surface area contributed by atoms with Gasteiger partial charge in [0.05, 0.1) is 0 Å². The minimum atomic E-state index is -0.227. The zero-order valence-corrected chi connectivity index (χ0v) is 12.4. The van der Waals surface area contributed by atoms with E-state index in [4.69, 9.17) is 16.6 Å². The molecule has 0 radical (unpaired) electrons. The van der Waals surface area contributed by atoms with Gasteiger partial charge < -0.3 is 16.6 Å². The maximum atomic E-state index is 8.34. The molecule has 0 atom stereocenters. The molecule has 1 saturated carbocycles. The summed E-state index contributed by atoms with van der Waals surface area (Å²) in [7, 11) is 0. The van der Waals surface area contributed by atoms with Crippen LogP contribution in [0.3, 0.4) is 0 Å². The molecule has 0 unspecified atom stereocenters. The molecule has 0 heterocycles. The zero-order valence-electron chi connectivity index (χ0n) is 12.4. The SMILES string of the molecule is C/C(N)=C/C=C(\N)O.CC(C)(C)C1CCCCC1. The fraction of sp³-hybridized carbons (Fsp3) is 0.733. The van der Waals surface area contributed by atoms with Crippen LogP contribution >= 0.6 is 0 Å². The minimum absolute atomic E-state index is 0.227. The first-order valence-corrected chi connectivity index (χ1v) is 6.82. The van der Waals surface area contributed by atoms with E-state index in [2.05, 4.69) is 20.8 Å². The Kier molecular flexibility index (Phi) is 7.56. The van der Waals surface area contributed by atoms with Crippen molar-refractivity contribution >= 4 is 0 Å². The molecule has 5 N–H and O–H groups in total. The predicted octanol–water partition coefficient (Wildman–Crippen LogP) is 3.82. The summed E-state index contributed by atoms with van der Waals surface area (Å²) in [5.74, 6) is 0.774. The average molecular weight is 254 g/mol. The van der Waals surface area contributed by atoms with Crippen LogP contribution in [0.4, 0.5) is 0 Å². The Morgan fingerprint density at radius 1 is 1.06 bits per heavy atom. The standard InChI is InChI=1S/C10H20.C5H10N2O/c1-10(2,3)9-7-5-4-6-8-9;1-4(6)2-3-5(7)8/h9H,4-8H2,1-3H3;2-3,8H,6-7H2,1H3/b;4-2-,5-3+. The Morgan fingerprint density at radius 2 is 1.56 bits per heavy atom. The summed E-state index contributed by atoms with van der Waals surface area (Å²) in [4.78, 5) is 0. The number of rotatable bonds is 1. The quantitative estimate of drug-likeness (QED) is 0.492. The van der Waals surface area contributed by atoms with Gasteiger partial charge in [0.1, 0.15) is 0 Å². The fourth-order valence-electron chi connectivity index (χ4n) is 2.19. The molecule has 1 fully saturated rings. The molecule has 18 heavy (non-hydrogen) atoms. The first-order valence-electron chi connectivity index (χ1n) is 6.82. The lowest BCUT2D eigenvalue weighted by Crippen LogP contribution is -2.22. The van der Waals surface area contributed by atoms with Gasteiger partial charge in [0, 0.05) is 5.70 Å². The van der Waals surface area contributed by atoms with E-state index in [-0.39, 0.29) is 5.88 Å². The molecule has 3 nitrogen and oxygen atoms in total. The Hall–Kier alpha value is -1.12. The minimum Gasteiger partial charge on any atom is -0.495 e. The summed E-state index contributed by atoms with van der Waals surface area (Å²) in [6.07, 6.45) is 10.2. The van der Waals surface area contributed by atoms with Gasteiger partial charge in [0.2, 0.25) is 0 Å². The monoisotopic (exact) mass is 254 g/mol. The van der Waals surface area contributed by atoms with Gasteiger partial charge in [-0.05, 0) is 43.3 Å². The second-order valence-electron chi connectivity index (χ2n) is 6.20. The number of hydrogen-bond donors (Lipinski definition) is 3. The van der Waals surface area contributed by atoms with Crippen LogP contribution in [0, 0.1) is 11.3 Å². The normalized spacial score (nSPS) is 19.1. The van der Waals surface area contributed by atoms with Gasteiger partial charge in [-0.2, -0.15) is 0 Å². The van der Waals surface area contributed by atoms with E-state index in [0.717, 1.165) is 5.92 Å². The van der Waals surface area contributed by atoms with Crippen molar-refractivity contribution in [3.05, 3.63) is 23.7 Å². The molecule has 0 aromatic rings. The van der Waals surface area contributed by atoms with E-state index >= 15 is 0 Å². The maximum Gasteiger partial charge on any atom is 0.181 e. The molecule has 0 aromatic carbocycles. The Balaban J connectivity index is 0.000000331. The first-order chi connectivity index (χ1) is 8.23. The summed E-state index contributed by atoms with van der Waals surface area (Å²) >= 11 is 0. The van der Waals surface area contributed by atoms with Crippen molar-refractivity contribution in [2.75, 3.05) is 0 Å². The molecule has 0 saturated heterocycles. The molecule has 3 heteroatoms. The summed E-state index contributed by atoms with van der Waals surface area (Å²) in [6.45, 7) is 8.84. The first kappa shape index (κ1) is 16.9. The molecule has 0 aliphatic heterocycles. The maximum absolute atomic E-state index is 8.34. The summed E-state index contributed by atoms with van der Waals surface area (Å²) in [6, 6.07) is 0. The van der Waals surface area contributed by atoms with Crippen molar-refractivity contribution in [1.82, 2.24) is 0 Å². The highest BCUT2D eigenvalue weighted by atomic mass is 16.3. The van der Waals surface area contributed by atoms with Crippen molar-refractivity contribution in [2.24, 2.45) is 22.8 Å². The molecule has 0 bridgehead atoms. The molecular formula is C15H30N2O. The summed E-state index contributed by atoms with van der Waals surface area (Å²) in [5.41, 5.74) is 11.2. The van der Waals surface area contributed by atoms with Crippen molar-refractivity contribution in [2.45, 2.75) is 59.8 Å². The van der Waals surface area contributed by atoms with Crippen molar-refractivity contribution < 1.29 is 5.11 Å². The fourth-order valence-corrected chi connectivity index (χ4v) is 2.19. The molecule has 1 aliphatic carbocycles. The number of allylic oxidation sites excluding steroid dienone is 3. The number of nitrogens with two attached hydrogens (primary N) is 2. The molecule has 0 spiro atoms. The van der Waals surface area contributed by atoms with Gasteiger partial charge in [-0.15, -0.1) is 0 Å². The van der Waals surface area contributed by atoms with Crippen molar-refractivity contribution in [3.8, 4) is 0 Å². The van der Waals surface area contributed by atoms with Crippen LogP contribution in [0.1, 0.15) is 59.8 Å². The lowest BCUT2D eigenvalue weighted by Gasteiger charge is -2.33. The van der Waals surface area contributed by atoms with Crippen LogP contribution in [-0.2, 0) is 0 Å². The third kappa shape index (κ3) is 8.97. The van der Waals surface area contributed by atoms with Crippen LogP contribution in [-0.4, -0.2) is 5.11 Å². The molecule has 1 rings (SSSR count). The summed E-state index contributed by atoms with van der Waals surface area (Å²) < 4.78 is 0. The Morgan fingerprint density at radius 3 is 1.78 bits per heavy atom. The Labute approximate surface area is 112 Å². The van der Waals surface area contributed by atoms with E-state index < -0.39 is 0 Å². The average Bonchev–Trinajstić information content (AvgIpc) is 2.27. The smallest absolute Gasteiger partial charge is 0.181 e. The third-order valence-electron chi connectivity index (χ3n) is 3.35. The summed E-state index contributed by atoms with van der Waals surface area (Å²) in [5, 5.41) is 8.34. The third-order valence-corrected chi connectivity index (χ3v) is 3.35. The second kappa shape index (κ2) is 8.06. The molecule has 106 valence electrons. The largest absolute Gasteiger partial charge is 0.495 e. The van der Waals surface area contributed by atoms with E-state index in [1.165, 1.54) is 44.3 Å². The van der Waals surface area contributed by atoms with E-state index in [1.54, 1.807) is 6.92 Å². The van der Waals surface area contributed by atoms with Gasteiger partial charge in [0.25, 0.3) is 0 Å². The lowest BCUT2D eigenvalue weighted by atomic mass is 9.72. The van der Waals surface area contributed by atoms with Crippen LogP contribution in [0.25, 0.3) is 0 Å². The van der Waals surface area contributed by atoms with Crippen LogP contribution < -0.4 is 11.5 Å². The molecular weight excluding hydrogens is 224 g/mol. The van der Waals surface area contributed by atoms with E-state index in [0.29, 0.717) is 11.1 Å². The van der Waals surface area contributed by atoms with Gasteiger partial charge in [-0.1, -0.05) is 40.0 Å². The number of aliphatic hydroxyl groups is 1. The van der Waals surface area contributed by atoms with Gasteiger partial charge in [0.15, 0.2) is 5.88 Å². The van der Waals surface area contributed by atoms with E-state index in [9.17, 15) is 0 Å². The molecule has 0 amide bonds. The predicted molar refractivity (Wildman–Crippen MR) is 78.9 cm³/mol. The van der Waals surface area contributed by atoms with Crippen molar-refractivity contribution in [3.63, 3.8) is 0 Å². The van der Waals surface area contributed by atoms with Crippen LogP contribution in [0.2, 0.25) is 0 Å². The van der Waals surface area contributed by atoms with E-state index in [1.807, 2.05) is 0 Å². The molecule has 1 aliphatic rings. The van der Waals surface area contributed by atoms with Crippen molar-refractivity contribution in [1.29, 1.82) is 0 Å².